The Balaban J connectivity index is 4.20. The lowest BCUT2D eigenvalue weighted by Gasteiger charge is -2.02. The molecule has 0 atom stereocenters. The molecule has 0 aliphatic heterocycles. The summed E-state index contributed by atoms with van der Waals surface area (Å²) < 4.78 is 33.9. The van der Waals surface area contributed by atoms with Gasteiger partial charge in [0.15, 0.2) is 0 Å². The Labute approximate surface area is 73.7 Å². The van der Waals surface area contributed by atoms with E-state index in [0.717, 1.165) is 0 Å². The van der Waals surface area contributed by atoms with Crippen molar-refractivity contribution < 1.29 is 15.0 Å². The molecule has 0 aliphatic carbocycles. The molecule has 0 rings (SSSR count). The normalized spacial score (nSPS) is 17.6. The Kier molecular flexibility index (Phi) is 3.52. The van der Waals surface area contributed by atoms with Gasteiger partial charge in [0.1, 0.15) is 0 Å². The monoisotopic (exact) mass is 163 g/mol. The van der Waals surface area contributed by atoms with Crippen LogP contribution in [0.15, 0.2) is 0 Å². The Bertz CT molecular complexity index is 221. The fourth-order valence-electron chi connectivity index (χ4n) is 0.486. The SMILES string of the molecule is [2H]C([2H])(CC)NCC([2H])([2H])C(=O)OCC. The highest BCUT2D eigenvalue weighted by Gasteiger charge is 1.98. The molecule has 11 heavy (non-hydrogen) atoms. The number of rotatable bonds is 6. The second kappa shape index (κ2) is 7.54. The van der Waals surface area contributed by atoms with Gasteiger partial charge in [0.05, 0.1) is 13.0 Å². The van der Waals surface area contributed by atoms with Gasteiger partial charge < -0.3 is 10.1 Å². The van der Waals surface area contributed by atoms with Gasteiger partial charge in [-0.25, -0.2) is 0 Å². The van der Waals surface area contributed by atoms with E-state index >= 15 is 0 Å². The molecule has 0 aromatic carbocycles. The van der Waals surface area contributed by atoms with Crippen molar-refractivity contribution in [1.82, 2.24) is 5.32 Å². The third kappa shape index (κ3) is 7.33. The Hall–Kier alpha value is -0.570. The van der Waals surface area contributed by atoms with Crippen molar-refractivity contribution in [3.05, 3.63) is 0 Å². The van der Waals surface area contributed by atoms with E-state index in [2.05, 4.69) is 10.1 Å². The highest BCUT2D eigenvalue weighted by atomic mass is 16.5. The quantitative estimate of drug-likeness (QED) is 0.592. The van der Waals surface area contributed by atoms with Crippen LogP contribution >= 0.6 is 0 Å². The van der Waals surface area contributed by atoms with E-state index in [1.54, 1.807) is 13.8 Å². The van der Waals surface area contributed by atoms with Gasteiger partial charge in [-0.2, -0.15) is 0 Å². The summed E-state index contributed by atoms with van der Waals surface area (Å²) in [5, 5.41) is 2.35. The largest absolute Gasteiger partial charge is 0.466 e. The summed E-state index contributed by atoms with van der Waals surface area (Å²) in [5.41, 5.74) is 0. The summed E-state index contributed by atoms with van der Waals surface area (Å²) in [6.07, 6.45) is -2.00. The molecule has 0 aromatic rings. The van der Waals surface area contributed by atoms with Crippen molar-refractivity contribution in [3.63, 3.8) is 0 Å². The molecule has 0 amide bonds. The van der Waals surface area contributed by atoms with Gasteiger partial charge >= 0.3 is 5.97 Å². The fourth-order valence-corrected chi connectivity index (χ4v) is 0.486. The number of esters is 1. The third-order valence-electron chi connectivity index (χ3n) is 0.898. The molecule has 3 heteroatoms. The lowest BCUT2D eigenvalue weighted by molar-refractivity contribution is -0.142. The standard InChI is InChI=1S/C8H17NO2/c1-3-6-9-7-5-8(10)11-4-2/h9H,3-7H2,1-2H3/i5D2,6D2. The van der Waals surface area contributed by atoms with E-state index in [1.807, 2.05) is 0 Å². The van der Waals surface area contributed by atoms with Crippen LogP contribution in [0.5, 0.6) is 0 Å². The lowest BCUT2D eigenvalue weighted by atomic mass is 10.4. The van der Waals surface area contributed by atoms with Gasteiger partial charge in [-0.05, 0) is 19.8 Å². The first kappa shape index (κ1) is 5.14. The minimum atomic E-state index is -2.20. The Morgan fingerprint density at radius 2 is 2.36 bits per heavy atom. The fraction of sp³-hybridized carbons (Fsp3) is 0.875. The number of carbonyl (C=O) groups is 1. The van der Waals surface area contributed by atoms with Crippen LogP contribution in [-0.4, -0.2) is 25.6 Å². The zero-order valence-electron chi connectivity index (χ0n) is 10.9. The van der Waals surface area contributed by atoms with Gasteiger partial charge in [0.2, 0.25) is 0 Å². The van der Waals surface area contributed by atoms with Crippen LogP contribution in [-0.2, 0) is 9.53 Å². The molecule has 0 heterocycles. The third-order valence-corrected chi connectivity index (χ3v) is 0.898. The van der Waals surface area contributed by atoms with Crippen LogP contribution in [0.1, 0.15) is 32.1 Å². The van der Waals surface area contributed by atoms with Gasteiger partial charge in [0, 0.05) is 12.0 Å². The van der Waals surface area contributed by atoms with Gasteiger partial charge in [-0.3, -0.25) is 4.79 Å². The summed E-state index contributed by atoms with van der Waals surface area (Å²) in [7, 11) is 0. The van der Waals surface area contributed by atoms with E-state index in [4.69, 9.17) is 5.48 Å². The van der Waals surface area contributed by atoms with E-state index < -0.39 is 25.4 Å². The number of carbonyl (C=O) groups excluding carboxylic acids is 1. The van der Waals surface area contributed by atoms with Gasteiger partial charge in [-0.15, -0.1) is 0 Å². The first-order valence-corrected chi connectivity index (χ1v) is 3.67. The molecule has 0 radical (unpaired) electrons. The van der Waals surface area contributed by atoms with E-state index in [-0.39, 0.29) is 13.0 Å². The molecule has 0 aliphatic rings. The summed E-state index contributed by atoms with van der Waals surface area (Å²) in [5.74, 6) is -0.968. The van der Waals surface area contributed by atoms with Crippen molar-refractivity contribution in [2.45, 2.75) is 26.6 Å². The molecule has 0 aromatic heterocycles. The maximum Gasteiger partial charge on any atom is 0.307 e. The van der Waals surface area contributed by atoms with Crippen LogP contribution in [0.25, 0.3) is 0 Å². The van der Waals surface area contributed by atoms with Crippen molar-refractivity contribution in [1.29, 1.82) is 0 Å². The van der Waals surface area contributed by atoms with E-state index in [9.17, 15) is 4.79 Å². The average Bonchev–Trinajstić information content (AvgIpc) is 2.16. The van der Waals surface area contributed by atoms with Crippen molar-refractivity contribution in [2.24, 2.45) is 0 Å². The van der Waals surface area contributed by atoms with Crippen LogP contribution in [0.3, 0.4) is 0 Å². The molecule has 3 nitrogen and oxygen atoms in total. The molecule has 0 bridgehead atoms. The van der Waals surface area contributed by atoms with Gasteiger partial charge in [0.25, 0.3) is 0 Å². The van der Waals surface area contributed by atoms with Crippen molar-refractivity contribution in [2.75, 3.05) is 19.6 Å². The summed E-state index contributed by atoms with van der Waals surface area (Å²) in [4.78, 5) is 11.1. The lowest BCUT2D eigenvalue weighted by Crippen LogP contribution is -2.19. The molecular formula is C8H17NO2. The molecular weight excluding hydrogens is 142 g/mol. The number of hydrogen-bond acceptors (Lipinski definition) is 3. The number of hydrogen-bond donors (Lipinski definition) is 1. The summed E-state index contributed by atoms with van der Waals surface area (Å²) in [6.45, 7) is 1.27. The van der Waals surface area contributed by atoms with Gasteiger partial charge in [-0.1, -0.05) is 6.92 Å². The van der Waals surface area contributed by atoms with E-state index in [1.165, 1.54) is 0 Å². The van der Waals surface area contributed by atoms with Crippen LogP contribution < -0.4 is 5.32 Å². The highest BCUT2D eigenvalue weighted by Crippen LogP contribution is 1.83. The summed E-state index contributed by atoms with van der Waals surface area (Å²) in [6, 6.07) is 0. The highest BCUT2D eigenvalue weighted by molar-refractivity contribution is 5.69. The Morgan fingerprint density at radius 3 is 2.91 bits per heavy atom. The van der Waals surface area contributed by atoms with Crippen LogP contribution in [0.4, 0.5) is 0 Å². The molecule has 1 N–H and O–H groups in total. The second-order valence-corrected chi connectivity index (χ2v) is 1.78. The van der Waals surface area contributed by atoms with Crippen molar-refractivity contribution >= 4 is 5.97 Å². The predicted molar refractivity (Wildman–Crippen MR) is 44.4 cm³/mol. The molecule has 66 valence electrons. The zero-order chi connectivity index (χ0) is 12.1. The predicted octanol–water partition coefficient (Wildman–Crippen LogP) is 0.939. The molecule has 0 saturated carbocycles. The summed E-state index contributed by atoms with van der Waals surface area (Å²) >= 11 is 0. The minimum Gasteiger partial charge on any atom is -0.466 e. The van der Waals surface area contributed by atoms with E-state index in [0.29, 0.717) is 0 Å². The van der Waals surface area contributed by atoms with Crippen LogP contribution in [0, 0.1) is 0 Å². The smallest absolute Gasteiger partial charge is 0.307 e. The first-order chi connectivity index (χ1) is 6.75. The number of ether oxygens (including phenoxy) is 1. The molecule has 0 fully saturated rings. The number of nitrogens with one attached hydrogen (secondary N) is 1. The first-order valence-electron chi connectivity index (χ1n) is 5.67. The zero-order valence-corrected chi connectivity index (χ0v) is 6.94. The Morgan fingerprint density at radius 1 is 1.64 bits per heavy atom. The maximum absolute atomic E-state index is 11.1. The second-order valence-electron chi connectivity index (χ2n) is 1.78. The molecule has 0 unspecified atom stereocenters. The average molecular weight is 163 g/mol. The maximum atomic E-state index is 11.1. The van der Waals surface area contributed by atoms with Crippen LogP contribution in [0.2, 0.25) is 0 Å². The topological polar surface area (TPSA) is 38.3 Å². The minimum absolute atomic E-state index is 0.110. The molecule has 0 spiro atoms. The van der Waals surface area contributed by atoms with Crippen molar-refractivity contribution in [3.8, 4) is 0 Å². The molecule has 0 saturated heterocycles.